The van der Waals surface area contributed by atoms with Crippen LogP contribution in [0.25, 0.3) is 0 Å². The Labute approximate surface area is 145 Å². The Morgan fingerprint density at radius 3 is 2.22 bits per heavy atom. The molecule has 2 aliphatic rings. The average molecular weight is 339 g/mol. The first kappa shape index (κ1) is 18.1. The van der Waals surface area contributed by atoms with Gasteiger partial charge in [0.25, 0.3) is 0 Å². The SMILES string of the molecule is CC(C)(C)OC(=O)N1CC2CCC(C1)N2Cc1ccccc1.Cl. The van der Waals surface area contributed by atoms with Gasteiger partial charge in [-0.3, -0.25) is 4.90 Å². The van der Waals surface area contributed by atoms with Crippen LogP contribution in [0.1, 0.15) is 39.2 Å². The zero-order valence-electron chi connectivity index (χ0n) is 14.2. The van der Waals surface area contributed by atoms with Gasteiger partial charge in [0.2, 0.25) is 0 Å². The Morgan fingerprint density at radius 2 is 1.70 bits per heavy atom. The molecule has 1 aromatic carbocycles. The highest BCUT2D eigenvalue weighted by molar-refractivity contribution is 5.85. The Balaban J connectivity index is 0.00000192. The van der Waals surface area contributed by atoms with E-state index < -0.39 is 5.60 Å². The molecule has 3 rings (SSSR count). The molecule has 5 heteroatoms. The van der Waals surface area contributed by atoms with Gasteiger partial charge in [-0.05, 0) is 39.2 Å². The number of piperazine rings is 1. The van der Waals surface area contributed by atoms with Gasteiger partial charge in [-0.15, -0.1) is 12.4 Å². The fraction of sp³-hybridized carbons (Fsp3) is 0.611. The number of nitrogens with zero attached hydrogens (tertiary/aromatic N) is 2. The van der Waals surface area contributed by atoms with Crippen molar-refractivity contribution in [1.29, 1.82) is 0 Å². The van der Waals surface area contributed by atoms with E-state index >= 15 is 0 Å². The minimum absolute atomic E-state index is 0. The third kappa shape index (κ3) is 4.39. The minimum Gasteiger partial charge on any atom is -0.444 e. The molecule has 0 N–H and O–H groups in total. The summed E-state index contributed by atoms with van der Waals surface area (Å²) in [6.07, 6.45) is 2.19. The fourth-order valence-corrected chi connectivity index (χ4v) is 3.52. The van der Waals surface area contributed by atoms with Crippen LogP contribution < -0.4 is 0 Å². The molecule has 128 valence electrons. The monoisotopic (exact) mass is 338 g/mol. The number of fused-ring (bicyclic) bond motifs is 2. The first-order valence-electron chi connectivity index (χ1n) is 8.20. The zero-order chi connectivity index (χ0) is 15.7. The van der Waals surface area contributed by atoms with Gasteiger partial charge in [0.05, 0.1) is 0 Å². The molecule has 23 heavy (non-hydrogen) atoms. The summed E-state index contributed by atoms with van der Waals surface area (Å²) in [6.45, 7) is 8.33. The summed E-state index contributed by atoms with van der Waals surface area (Å²) in [5, 5.41) is 0. The predicted molar refractivity (Wildman–Crippen MR) is 93.9 cm³/mol. The highest BCUT2D eigenvalue weighted by Gasteiger charge is 2.42. The third-order valence-electron chi connectivity index (χ3n) is 4.49. The van der Waals surface area contributed by atoms with Crippen LogP contribution in [0.4, 0.5) is 4.79 Å². The fourth-order valence-electron chi connectivity index (χ4n) is 3.52. The van der Waals surface area contributed by atoms with Crippen LogP contribution in [0.2, 0.25) is 0 Å². The van der Waals surface area contributed by atoms with Crippen LogP contribution in [-0.2, 0) is 11.3 Å². The van der Waals surface area contributed by atoms with Crippen LogP contribution in [-0.4, -0.2) is 46.7 Å². The van der Waals surface area contributed by atoms with Gasteiger partial charge < -0.3 is 9.64 Å². The quantitative estimate of drug-likeness (QED) is 0.824. The number of hydrogen-bond donors (Lipinski definition) is 0. The van der Waals surface area contributed by atoms with Gasteiger partial charge in [-0.25, -0.2) is 4.79 Å². The number of carbonyl (C=O) groups is 1. The maximum Gasteiger partial charge on any atom is 0.410 e. The summed E-state index contributed by atoms with van der Waals surface area (Å²) in [6, 6.07) is 11.5. The van der Waals surface area contributed by atoms with E-state index in [0.29, 0.717) is 12.1 Å². The highest BCUT2D eigenvalue weighted by atomic mass is 35.5. The van der Waals surface area contributed by atoms with Crippen LogP contribution in [0.3, 0.4) is 0 Å². The lowest BCUT2D eigenvalue weighted by molar-refractivity contribution is -0.000115. The van der Waals surface area contributed by atoms with E-state index in [2.05, 4.69) is 35.2 Å². The lowest BCUT2D eigenvalue weighted by atomic mass is 10.1. The molecule has 1 amide bonds. The van der Waals surface area contributed by atoms with Crippen molar-refractivity contribution in [1.82, 2.24) is 9.80 Å². The first-order chi connectivity index (χ1) is 10.4. The molecule has 2 fully saturated rings. The number of benzene rings is 1. The average Bonchev–Trinajstić information content (AvgIpc) is 2.69. The topological polar surface area (TPSA) is 32.8 Å². The summed E-state index contributed by atoms with van der Waals surface area (Å²) < 4.78 is 5.52. The van der Waals surface area contributed by atoms with Crippen LogP contribution in [0.15, 0.2) is 30.3 Å². The second-order valence-corrected chi connectivity index (χ2v) is 7.43. The zero-order valence-corrected chi connectivity index (χ0v) is 15.0. The molecule has 2 aliphatic heterocycles. The van der Waals surface area contributed by atoms with Crippen molar-refractivity contribution in [3.8, 4) is 0 Å². The Kier molecular flexibility index (Phi) is 5.58. The molecular weight excluding hydrogens is 312 g/mol. The van der Waals surface area contributed by atoms with E-state index in [1.165, 1.54) is 18.4 Å². The molecule has 0 aromatic heterocycles. The molecule has 0 radical (unpaired) electrons. The van der Waals surface area contributed by atoms with Crippen molar-refractivity contribution in [3.63, 3.8) is 0 Å². The highest BCUT2D eigenvalue weighted by Crippen LogP contribution is 2.32. The molecular formula is C18H27ClN2O2. The molecule has 1 aromatic rings. The number of rotatable bonds is 2. The van der Waals surface area contributed by atoms with Gasteiger partial charge in [0.1, 0.15) is 5.60 Å². The molecule has 0 spiro atoms. The van der Waals surface area contributed by atoms with Gasteiger partial charge in [0, 0.05) is 31.7 Å². The van der Waals surface area contributed by atoms with Gasteiger partial charge in [0.15, 0.2) is 0 Å². The summed E-state index contributed by atoms with van der Waals surface area (Å²) >= 11 is 0. The third-order valence-corrected chi connectivity index (χ3v) is 4.49. The summed E-state index contributed by atoms with van der Waals surface area (Å²) in [7, 11) is 0. The number of hydrogen-bond acceptors (Lipinski definition) is 3. The summed E-state index contributed by atoms with van der Waals surface area (Å²) in [5.74, 6) is 0. The van der Waals surface area contributed by atoms with E-state index in [-0.39, 0.29) is 18.5 Å². The Morgan fingerprint density at radius 1 is 1.13 bits per heavy atom. The molecule has 2 unspecified atom stereocenters. The maximum absolute atomic E-state index is 12.3. The second kappa shape index (κ2) is 7.10. The molecule has 2 atom stereocenters. The number of halogens is 1. The van der Waals surface area contributed by atoms with Crippen LogP contribution >= 0.6 is 12.4 Å². The smallest absolute Gasteiger partial charge is 0.410 e. The van der Waals surface area contributed by atoms with Gasteiger partial charge in [-0.1, -0.05) is 30.3 Å². The molecule has 4 nitrogen and oxygen atoms in total. The van der Waals surface area contributed by atoms with Crippen LogP contribution in [0.5, 0.6) is 0 Å². The largest absolute Gasteiger partial charge is 0.444 e. The standard InChI is InChI=1S/C18H26N2O2.ClH/c1-18(2,3)22-17(21)19-12-15-9-10-16(13-19)20(15)11-14-7-5-4-6-8-14;/h4-8,15-16H,9-13H2,1-3H3;1H. The van der Waals surface area contributed by atoms with E-state index in [0.717, 1.165) is 19.6 Å². The summed E-state index contributed by atoms with van der Waals surface area (Å²) in [4.78, 5) is 16.7. The van der Waals surface area contributed by atoms with E-state index in [1.807, 2.05) is 25.7 Å². The maximum atomic E-state index is 12.3. The molecule has 2 heterocycles. The Bertz CT molecular complexity index is 516. The number of ether oxygens (including phenoxy) is 1. The number of amides is 1. The van der Waals surface area contributed by atoms with E-state index in [4.69, 9.17) is 4.74 Å². The lowest BCUT2D eigenvalue weighted by Gasteiger charge is -2.41. The van der Waals surface area contributed by atoms with Crippen molar-refractivity contribution in [3.05, 3.63) is 35.9 Å². The van der Waals surface area contributed by atoms with Crippen molar-refractivity contribution in [2.24, 2.45) is 0 Å². The van der Waals surface area contributed by atoms with Gasteiger partial charge >= 0.3 is 6.09 Å². The predicted octanol–water partition coefficient (Wildman–Crippen LogP) is 3.69. The van der Waals surface area contributed by atoms with E-state index in [9.17, 15) is 4.79 Å². The lowest BCUT2D eigenvalue weighted by Crippen LogP contribution is -2.55. The van der Waals surface area contributed by atoms with E-state index in [1.54, 1.807) is 0 Å². The Hall–Kier alpha value is -1.26. The normalized spacial score (nSPS) is 24.2. The molecule has 0 saturated carbocycles. The molecule has 2 bridgehead atoms. The van der Waals surface area contributed by atoms with Crippen LogP contribution in [0, 0.1) is 0 Å². The molecule has 2 saturated heterocycles. The molecule has 0 aliphatic carbocycles. The number of carbonyl (C=O) groups excluding carboxylic acids is 1. The first-order valence-corrected chi connectivity index (χ1v) is 8.20. The van der Waals surface area contributed by atoms with Crippen molar-refractivity contribution < 1.29 is 9.53 Å². The van der Waals surface area contributed by atoms with Crippen molar-refractivity contribution in [2.45, 2.75) is 57.8 Å². The number of likely N-dealkylation sites (tertiary alicyclic amines) is 1. The van der Waals surface area contributed by atoms with Crippen molar-refractivity contribution >= 4 is 18.5 Å². The van der Waals surface area contributed by atoms with Gasteiger partial charge in [-0.2, -0.15) is 0 Å². The minimum atomic E-state index is -0.419. The van der Waals surface area contributed by atoms with Crippen molar-refractivity contribution in [2.75, 3.05) is 13.1 Å². The second-order valence-electron chi connectivity index (χ2n) is 7.43. The summed E-state index contributed by atoms with van der Waals surface area (Å²) in [5.41, 5.74) is 0.933.